The highest BCUT2D eigenvalue weighted by Gasteiger charge is 2.16. The van der Waals surface area contributed by atoms with E-state index in [1.165, 1.54) is 69.8 Å². The number of ether oxygens (including phenoxy) is 1. The van der Waals surface area contributed by atoms with Crippen LogP contribution in [-0.4, -0.2) is 12.5 Å². The summed E-state index contributed by atoms with van der Waals surface area (Å²) in [5.74, 6) is 0.252. The molecular formula is C31H42ClN2O2S+. The molecule has 0 aliphatic rings. The predicted octanol–water partition coefficient (Wildman–Crippen LogP) is 9.07. The molecule has 200 valence electrons. The summed E-state index contributed by atoms with van der Waals surface area (Å²) in [7, 11) is 0. The fraction of sp³-hybridized carbons (Fsp3) is 0.484. The number of rotatable bonds is 18. The fourth-order valence-electron chi connectivity index (χ4n) is 4.41. The molecule has 0 unspecified atom stereocenters. The summed E-state index contributed by atoms with van der Waals surface area (Å²) in [4.78, 5) is 13.0. The summed E-state index contributed by atoms with van der Waals surface area (Å²) in [5.41, 5.74) is 4.46. The van der Waals surface area contributed by atoms with Gasteiger partial charge in [-0.1, -0.05) is 119 Å². The van der Waals surface area contributed by atoms with Gasteiger partial charge in [-0.2, -0.15) is 4.57 Å². The van der Waals surface area contributed by atoms with Gasteiger partial charge in [0, 0.05) is 11.3 Å². The van der Waals surface area contributed by atoms with Crippen LogP contribution in [0.1, 0.15) is 99.9 Å². The standard InChI is InChI=1S/C31H41ClN2O2S/c1-2-3-4-5-6-7-8-9-10-11-12-13-22-36-30-28(15-14-16-29(30)32)31(35)33-27-19-17-26(18-20-27)24-34-21-23-37-25-34/h14-21,23,25H,2-13,22,24H2,1H3/p+1. The Morgan fingerprint density at radius 2 is 1.54 bits per heavy atom. The third-order valence-corrected chi connectivity index (χ3v) is 7.53. The van der Waals surface area contributed by atoms with E-state index < -0.39 is 0 Å². The number of nitrogens with zero attached hydrogens (tertiary/aromatic N) is 1. The first-order valence-corrected chi connectivity index (χ1v) is 15.2. The van der Waals surface area contributed by atoms with Crippen LogP contribution >= 0.6 is 22.9 Å². The van der Waals surface area contributed by atoms with Crippen LogP contribution in [0, 0.1) is 0 Å². The molecule has 0 radical (unpaired) electrons. The molecule has 1 amide bonds. The van der Waals surface area contributed by atoms with Crippen LogP contribution in [0.2, 0.25) is 5.02 Å². The van der Waals surface area contributed by atoms with Crippen molar-refractivity contribution in [3.63, 3.8) is 0 Å². The molecule has 3 aromatic rings. The zero-order chi connectivity index (χ0) is 26.1. The number of anilines is 1. The van der Waals surface area contributed by atoms with E-state index in [1.807, 2.05) is 24.3 Å². The third-order valence-electron chi connectivity index (χ3n) is 6.56. The molecule has 0 atom stereocenters. The highest BCUT2D eigenvalue weighted by Crippen LogP contribution is 2.30. The quantitative estimate of drug-likeness (QED) is 0.129. The van der Waals surface area contributed by atoms with Gasteiger partial charge in [0.1, 0.15) is 0 Å². The minimum Gasteiger partial charge on any atom is -0.491 e. The smallest absolute Gasteiger partial charge is 0.259 e. The van der Waals surface area contributed by atoms with E-state index in [2.05, 4.69) is 33.9 Å². The molecule has 3 rings (SSSR count). The van der Waals surface area contributed by atoms with Gasteiger partial charge in [-0.15, -0.1) is 0 Å². The van der Waals surface area contributed by atoms with Crippen LogP contribution in [0.3, 0.4) is 0 Å². The van der Waals surface area contributed by atoms with Crippen LogP contribution < -0.4 is 14.6 Å². The van der Waals surface area contributed by atoms with Crippen molar-refractivity contribution in [3.8, 4) is 5.75 Å². The maximum atomic E-state index is 13.0. The SMILES string of the molecule is CCCCCCCCCCCCCCOc1c(Cl)cccc1C(=O)Nc1ccc(C[n+]2ccsc2)cc1. The van der Waals surface area contributed by atoms with Crippen LogP contribution in [0.25, 0.3) is 0 Å². The molecule has 0 saturated carbocycles. The van der Waals surface area contributed by atoms with Crippen LogP contribution in [0.5, 0.6) is 5.75 Å². The first-order chi connectivity index (χ1) is 18.2. The number of halogens is 1. The Morgan fingerprint density at radius 3 is 2.16 bits per heavy atom. The maximum Gasteiger partial charge on any atom is 0.259 e. The monoisotopic (exact) mass is 541 g/mol. The molecule has 2 aromatic carbocycles. The minimum atomic E-state index is -0.216. The second kappa shape index (κ2) is 17.2. The van der Waals surface area contributed by atoms with Crippen molar-refractivity contribution < 1.29 is 14.1 Å². The molecule has 1 N–H and O–H groups in total. The number of nitrogens with one attached hydrogen (secondary N) is 1. The molecule has 0 spiro atoms. The number of carbonyl (C=O) groups is 1. The third kappa shape index (κ3) is 10.9. The average Bonchev–Trinajstić information content (AvgIpc) is 3.41. The lowest BCUT2D eigenvalue weighted by Crippen LogP contribution is -2.30. The second-order valence-corrected chi connectivity index (χ2v) is 10.9. The molecule has 37 heavy (non-hydrogen) atoms. The molecule has 1 aromatic heterocycles. The van der Waals surface area contributed by atoms with Crippen LogP contribution in [0.4, 0.5) is 5.69 Å². The second-order valence-electron chi connectivity index (χ2n) is 9.70. The molecule has 1 heterocycles. The molecule has 0 saturated heterocycles. The van der Waals surface area contributed by atoms with E-state index in [9.17, 15) is 4.79 Å². The van der Waals surface area contributed by atoms with Crippen molar-refractivity contribution >= 4 is 34.5 Å². The first kappa shape index (κ1) is 29.2. The van der Waals surface area contributed by atoms with Crippen molar-refractivity contribution in [2.45, 2.75) is 90.5 Å². The molecule has 0 bridgehead atoms. The summed E-state index contributed by atoms with van der Waals surface area (Å²) in [5, 5.41) is 5.50. The predicted molar refractivity (Wildman–Crippen MR) is 156 cm³/mol. The molecule has 0 fully saturated rings. The number of carbonyl (C=O) groups excluding carboxylic acids is 1. The van der Waals surface area contributed by atoms with Crippen LogP contribution in [0.15, 0.2) is 59.6 Å². The fourth-order valence-corrected chi connectivity index (χ4v) is 5.23. The Hall–Kier alpha value is -2.37. The van der Waals surface area contributed by atoms with E-state index in [-0.39, 0.29) is 5.91 Å². The highest BCUT2D eigenvalue weighted by molar-refractivity contribution is 7.07. The Labute approximate surface area is 232 Å². The van der Waals surface area contributed by atoms with Gasteiger partial charge >= 0.3 is 0 Å². The lowest BCUT2D eigenvalue weighted by Gasteiger charge is -2.13. The number of hydrogen-bond acceptors (Lipinski definition) is 3. The van der Waals surface area contributed by atoms with Gasteiger partial charge < -0.3 is 10.1 Å². The number of amides is 1. The zero-order valence-corrected chi connectivity index (χ0v) is 23.8. The number of aromatic nitrogens is 1. The first-order valence-electron chi connectivity index (χ1n) is 13.9. The van der Waals surface area contributed by atoms with E-state index in [1.54, 1.807) is 29.5 Å². The van der Waals surface area contributed by atoms with Crippen molar-refractivity contribution in [1.82, 2.24) is 0 Å². The van der Waals surface area contributed by atoms with Gasteiger partial charge in [-0.05, 0) is 30.7 Å². The van der Waals surface area contributed by atoms with E-state index in [0.29, 0.717) is 22.9 Å². The zero-order valence-electron chi connectivity index (χ0n) is 22.2. The summed E-state index contributed by atoms with van der Waals surface area (Å²) < 4.78 is 8.13. The van der Waals surface area contributed by atoms with Gasteiger partial charge in [-0.3, -0.25) is 4.79 Å². The lowest BCUT2D eigenvalue weighted by atomic mass is 10.1. The van der Waals surface area contributed by atoms with Crippen molar-refractivity contribution in [2.75, 3.05) is 11.9 Å². The van der Waals surface area contributed by atoms with Crippen LogP contribution in [-0.2, 0) is 6.54 Å². The topological polar surface area (TPSA) is 42.2 Å². The number of hydrogen-bond donors (Lipinski definition) is 1. The highest BCUT2D eigenvalue weighted by atomic mass is 35.5. The summed E-state index contributed by atoms with van der Waals surface area (Å²) in [6.07, 6.45) is 17.6. The van der Waals surface area contributed by atoms with Gasteiger partial charge in [0.05, 0.1) is 22.6 Å². The summed E-state index contributed by atoms with van der Waals surface area (Å²) in [6, 6.07) is 13.2. The molecule has 6 heteroatoms. The Balaban J connectivity index is 1.37. The molecular weight excluding hydrogens is 500 g/mol. The lowest BCUT2D eigenvalue weighted by molar-refractivity contribution is -0.683. The largest absolute Gasteiger partial charge is 0.491 e. The number of thiazole rings is 1. The molecule has 0 aliphatic carbocycles. The molecule has 0 aliphatic heterocycles. The summed E-state index contributed by atoms with van der Waals surface area (Å²) in [6.45, 7) is 3.64. The minimum absolute atomic E-state index is 0.216. The van der Waals surface area contributed by atoms with Crippen molar-refractivity contribution in [1.29, 1.82) is 0 Å². The Kier molecular flexibility index (Phi) is 13.6. The number of benzene rings is 2. The number of para-hydroxylation sites is 1. The van der Waals surface area contributed by atoms with Crippen molar-refractivity contribution in [3.05, 3.63) is 75.7 Å². The maximum absolute atomic E-state index is 13.0. The normalized spacial score (nSPS) is 11.0. The van der Waals surface area contributed by atoms with Gasteiger partial charge in [-0.25, -0.2) is 0 Å². The van der Waals surface area contributed by atoms with E-state index in [0.717, 1.165) is 25.1 Å². The van der Waals surface area contributed by atoms with Gasteiger partial charge in [0.2, 0.25) is 5.51 Å². The van der Waals surface area contributed by atoms with Gasteiger partial charge in [0.15, 0.2) is 18.5 Å². The number of unbranched alkanes of at least 4 members (excludes halogenated alkanes) is 11. The average molecular weight is 542 g/mol. The van der Waals surface area contributed by atoms with E-state index in [4.69, 9.17) is 16.3 Å². The molecule has 4 nitrogen and oxygen atoms in total. The summed E-state index contributed by atoms with van der Waals surface area (Å²) >= 11 is 8.08. The van der Waals surface area contributed by atoms with Crippen molar-refractivity contribution in [2.24, 2.45) is 0 Å². The van der Waals surface area contributed by atoms with E-state index >= 15 is 0 Å². The Bertz CT molecular complexity index is 1040. The van der Waals surface area contributed by atoms with Gasteiger partial charge in [0.25, 0.3) is 5.91 Å². The Morgan fingerprint density at radius 1 is 0.892 bits per heavy atom.